The van der Waals surface area contributed by atoms with E-state index in [9.17, 15) is 0 Å². The van der Waals surface area contributed by atoms with E-state index in [2.05, 4.69) is 12.6 Å². The van der Waals surface area contributed by atoms with Crippen LogP contribution in [0.3, 0.4) is 0 Å². The summed E-state index contributed by atoms with van der Waals surface area (Å²) in [6, 6.07) is 2.13. The molecule has 0 unspecified atom stereocenters. The molecule has 3 heteroatoms. The van der Waals surface area contributed by atoms with E-state index < -0.39 is 0 Å². The number of anilines is 1. The molecule has 0 aromatic carbocycles. The molecule has 0 fully saturated rings. The molecule has 0 atom stereocenters. The maximum absolute atomic E-state index is 8.97. The summed E-state index contributed by atoms with van der Waals surface area (Å²) in [4.78, 5) is 0. The zero-order valence-electron chi connectivity index (χ0n) is 8.29. The molecule has 0 saturated carbocycles. The van der Waals surface area contributed by atoms with E-state index in [1.54, 1.807) is 6.08 Å². The van der Waals surface area contributed by atoms with Crippen molar-refractivity contribution in [2.45, 2.75) is 13.8 Å². The van der Waals surface area contributed by atoms with Crippen LogP contribution in [0.15, 0.2) is 12.7 Å². The maximum Gasteiger partial charge on any atom is 0.105 e. The van der Waals surface area contributed by atoms with Crippen molar-refractivity contribution >= 4 is 28.0 Å². The van der Waals surface area contributed by atoms with Crippen LogP contribution in [-0.2, 0) is 0 Å². The predicted molar refractivity (Wildman–Crippen MR) is 62.1 cm³/mol. The Bertz CT molecular complexity index is 515. The van der Waals surface area contributed by atoms with Crippen LogP contribution in [0, 0.1) is 11.3 Å². The molecule has 72 valence electrons. The van der Waals surface area contributed by atoms with E-state index in [0.29, 0.717) is 10.6 Å². The van der Waals surface area contributed by atoms with Crippen molar-refractivity contribution in [3.8, 4) is 6.07 Å². The van der Waals surface area contributed by atoms with E-state index in [1.807, 2.05) is 19.9 Å². The van der Waals surface area contributed by atoms with Gasteiger partial charge in [-0.25, -0.2) is 0 Å². The first kappa shape index (κ1) is 10.6. The van der Waals surface area contributed by atoms with E-state index in [1.165, 1.54) is 11.3 Å². The molecule has 2 N–H and O–H groups in total. The van der Waals surface area contributed by atoms with Gasteiger partial charge in [-0.3, -0.25) is 0 Å². The summed E-state index contributed by atoms with van der Waals surface area (Å²) in [6.07, 6.45) is 3.71. The highest BCUT2D eigenvalue weighted by Crippen LogP contribution is 2.10. The van der Waals surface area contributed by atoms with Crippen LogP contribution in [0.1, 0.15) is 19.4 Å². The summed E-state index contributed by atoms with van der Waals surface area (Å²) in [6.45, 7) is 7.57. The lowest BCUT2D eigenvalue weighted by Crippen LogP contribution is -2.22. The lowest BCUT2D eigenvalue weighted by Gasteiger charge is -1.89. The third-order valence-electron chi connectivity index (χ3n) is 2.04. The molecule has 0 radical (unpaired) electrons. The summed E-state index contributed by atoms with van der Waals surface area (Å²) < 4.78 is 1.04. The fourth-order valence-corrected chi connectivity index (χ4v) is 2.24. The van der Waals surface area contributed by atoms with Gasteiger partial charge in [0.25, 0.3) is 0 Å². The fraction of sp³-hybridized carbons (Fsp3) is 0.182. The van der Waals surface area contributed by atoms with Crippen LogP contribution in [0.2, 0.25) is 0 Å². The molecule has 1 aromatic rings. The van der Waals surface area contributed by atoms with E-state index in [0.717, 1.165) is 15.3 Å². The second kappa shape index (κ2) is 4.12. The lowest BCUT2D eigenvalue weighted by molar-refractivity contribution is 1.46. The minimum absolute atomic E-state index is 0.570. The first-order chi connectivity index (χ1) is 6.65. The van der Waals surface area contributed by atoms with Gasteiger partial charge in [0.1, 0.15) is 11.1 Å². The Labute approximate surface area is 87.3 Å². The van der Waals surface area contributed by atoms with Crippen LogP contribution < -0.4 is 15.5 Å². The monoisotopic (exact) mass is 204 g/mol. The van der Waals surface area contributed by atoms with Gasteiger partial charge < -0.3 is 5.73 Å². The fourth-order valence-electron chi connectivity index (χ4n) is 1.27. The zero-order chi connectivity index (χ0) is 10.7. The molecule has 0 spiro atoms. The first-order valence-corrected chi connectivity index (χ1v) is 5.05. The summed E-state index contributed by atoms with van der Waals surface area (Å²) in [5.41, 5.74) is 7.31. The van der Waals surface area contributed by atoms with Gasteiger partial charge in [0.2, 0.25) is 0 Å². The molecular weight excluding hydrogens is 192 g/mol. The van der Waals surface area contributed by atoms with Crippen LogP contribution in [-0.4, -0.2) is 0 Å². The molecule has 1 heterocycles. The average molecular weight is 204 g/mol. The maximum atomic E-state index is 8.97. The summed E-state index contributed by atoms with van der Waals surface area (Å²) in [7, 11) is 0. The molecule has 2 nitrogen and oxygen atoms in total. The van der Waals surface area contributed by atoms with Crippen molar-refractivity contribution in [1.29, 1.82) is 5.26 Å². The topological polar surface area (TPSA) is 49.8 Å². The number of hydrogen-bond acceptors (Lipinski definition) is 3. The van der Waals surface area contributed by atoms with Gasteiger partial charge >= 0.3 is 0 Å². The number of thiophene rings is 1. The molecule has 0 saturated heterocycles. The SMILES string of the molecule is C=C/C(C)=c1/c(C#N)c(N)s/c1=C/C. The molecule has 0 aliphatic heterocycles. The van der Waals surface area contributed by atoms with Gasteiger partial charge in [-0.05, 0) is 19.4 Å². The number of nitrogens with two attached hydrogens (primary N) is 1. The Morgan fingerprint density at radius 1 is 1.64 bits per heavy atom. The minimum Gasteiger partial charge on any atom is -0.389 e. The number of nitrogen functional groups attached to an aromatic ring is 1. The Kier molecular flexibility index (Phi) is 3.10. The van der Waals surface area contributed by atoms with Crippen LogP contribution in [0.4, 0.5) is 5.00 Å². The van der Waals surface area contributed by atoms with Crippen molar-refractivity contribution in [2.75, 3.05) is 5.73 Å². The molecule has 1 rings (SSSR count). The van der Waals surface area contributed by atoms with Crippen molar-refractivity contribution < 1.29 is 0 Å². The second-order valence-electron chi connectivity index (χ2n) is 2.87. The molecule has 14 heavy (non-hydrogen) atoms. The predicted octanol–water partition coefficient (Wildman–Crippen LogP) is 1.36. The van der Waals surface area contributed by atoms with E-state index in [4.69, 9.17) is 11.0 Å². The molecule has 1 aromatic heterocycles. The van der Waals surface area contributed by atoms with Crippen molar-refractivity contribution in [3.63, 3.8) is 0 Å². The third-order valence-corrected chi connectivity index (χ3v) is 3.12. The smallest absolute Gasteiger partial charge is 0.105 e. The van der Waals surface area contributed by atoms with Gasteiger partial charge in [-0.2, -0.15) is 5.26 Å². The van der Waals surface area contributed by atoms with E-state index >= 15 is 0 Å². The van der Waals surface area contributed by atoms with Gasteiger partial charge in [0.05, 0.1) is 5.56 Å². The summed E-state index contributed by atoms with van der Waals surface area (Å²) in [5, 5.41) is 10.5. The zero-order valence-corrected chi connectivity index (χ0v) is 9.11. The van der Waals surface area contributed by atoms with Crippen LogP contribution in [0.25, 0.3) is 11.6 Å². The molecule has 0 aliphatic rings. The Morgan fingerprint density at radius 3 is 2.71 bits per heavy atom. The highest BCUT2D eigenvalue weighted by molar-refractivity contribution is 7.14. The number of nitriles is 1. The van der Waals surface area contributed by atoms with Crippen molar-refractivity contribution in [2.24, 2.45) is 0 Å². The van der Waals surface area contributed by atoms with Gasteiger partial charge in [0.15, 0.2) is 0 Å². The van der Waals surface area contributed by atoms with Crippen molar-refractivity contribution in [3.05, 3.63) is 28.0 Å². The molecular formula is C11H12N2S. The van der Waals surface area contributed by atoms with Crippen LogP contribution in [0.5, 0.6) is 0 Å². The normalized spacial score (nSPS) is 13.6. The number of nitrogens with zero attached hydrogens (tertiary/aromatic N) is 1. The van der Waals surface area contributed by atoms with Crippen molar-refractivity contribution in [1.82, 2.24) is 0 Å². The number of hydrogen-bond donors (Lipinski definition) is 1. The third kappa shape index (κ3) is 1.57. The standard InChI is InChI=1S/C11H12N2S/c1-4-7(3)10-8(6-12)11(13)14-9(10)5-2/h4-5H,1,13H2,2-3H3/b9-5+,10-7-. The lowest BCUT2D eigenvalue weighted by atomic mass is 10.1. The number of rotatable bonds is 1. The highest BCUT2D eigenvalue weighted by atomic mass is 32.1. The second-order valence-corrected chi connectivity index (χ2v) is 3.95. The largest absolute Gasteiger partial charge is 0.389 e. The van der Waals surface area contributed by atoms with Crippen LogP contribution >= 0.6 is 11.3 Å². The Balaban J connectivity index is 3.91. The van der Waals surface area contributed by atoms with Gasteiger partial charge in [0, 0.05) is 9.75 Å². The number of allylic oxidation sites excluding steroid dienone is 1. The molecule has 0 aliphatic carbocycles. The Hall–Kier alpha value is -1.53. The average Bonchev–Trinajstić information content (AvgIpc) is 2.53. The highest BCUT2D eigenvalue weighted by Gasteiger charge is 2.06. The summed E-state index contributed by atoms with van der Waals surface area (Å²) >= 11 is 1.44. The first-order valence-electron chi connectivity index (χ1n) is 4.23. The summed E-state index contributed by atoms with van der Waals surface area (Å²) in [5.74, 6) is 0. The molecule has 0 amide bonds. The Morgan fingerprint density at radius 2 is 2.29 bits per heavy atom. The quantitative estimate of drug-likeness (QED) is 0.751. The van der Waals surface area contributed by atoms with Gasteiger partial charge in [-0.1, -0.05) is 18.7 Å². The molecule has 0 bridgehead atoms. The minimum atomic E-state index is 0.570. The van der Waals surface area contributed by atoms with E-state index in [-0.39, 0.29) is 0 Å². The van der Waals surface area contributed by atoms with Gasteiger partial charge in [-0.15, -0.1) is 11.3 Å².